The molecule has 2 aromatic carbocycles. The van der Waals surface area contributed by atoms with Crippen LogP contribution in [0.4, 0.5) is 5.69 Å². The molecule has 0 aliphatic rings. The van der Waals surface area contributed by atoms with Gasteiger partial charge in [0.2, 0.25) is 5.91 Å². The molecule has 0 aliphatic carbocycles. The number of benzene rings is 2. The van der Waals surface area contributed by atoms with Gasteiger partial charge in [0, 0.05) is 7.11 Å². The Hall–Kier alpha value is -2.37. The van der Waals surface area contributed by atoms with Crippen LogP contribution in [0.1, 0.15) is 11.1 Å². The second kappa shape index (κ2) is 9.70. The molecule has 5 heteroatoms. The van der Waals surface area contributed by atoms with Gasteiger partial charge in [-0.15, -0.1) is 0 Å². The summed E-state index contributed by atoms with van der Waals surface area (Å²) >= 11 is 0. The molecular weight excluding hydrogens is 306 g/mol. The number of carbonyl (C=O) groups excluding carboxylic acids is 1. The maximum absolute atomic E-state index is 12.0. The summed E-state index contributed by atoms with van der Waals surface area (Å²) in [6.45, 7) is 3.25. The molecule has 0 unspecified atom stereocenters. The minimum Gasteiger partial charge on any atom is -0.487 e. The molecule has 0 aliphatic heterocycles. The first-order chi connectivity index (χ1) is 11.7. The Kier molecular flexibility index (Phi) is 7.26. The molecule has 128 valence electrons. The van der Waals surface area contributed by atoms with Crippen LogP contribution in [0.15, 0.2) is 48.5 Å². The third-order valence-electron chi connectivity index (χ3n) is 3.31. The van der Waals surface area contributed by atoms with E-state index in [1.165, 1.54) is 0 Å². The van der Waals surface area contributed by atoms with Gasteiger partial charge < -0.3 is 19.5 Å². The van der Waals surface area contributed by atoms with Crippen molar-refractivity contribution in [3.8, 4) is 5.75 Å². The van der Waals surface area contributed by atoms with E-state index >= 15 is 0 Å². The van der Waals surface area contributed by atoms with Crippen molar-refractivity contribution in [2.24, 2.45) is 0 Å². The van der Waals surface area contributed by atoms with Gasteiger partial charge >= 0.3 is 0 Å². The van der Waals surface area contributed by atoms with Gasteiger partial charge in [0.25, 0.3) is 0 Å². The molecule has 2 rings (SSSR count). The first kappa shape index (κ1) is 18.0. The predicted molar refractivity (Wildman–Crippen MR) is 93.3 cm³/mol. The van der Waals surface area contributed by atoms with Crippen molar-refractivity contribution in [2.45, 2.75) is 13.5 Å². The highest BCUT2D eigenvalue weighted by molar-refractivity contribution is 5.93. The molecule has 0 aromatic heterocycles. The van der Waals surface area contributed by atoms with Crippen LogP contribution in [-0.2, 0) is 20.9 Å². The van der Waals surface area contributed by atoms with Crippen molar-refractivity contribution in [2.75, 3.05) is 32.2 Å². The zero-order valence-electron chi connectivity index (χ0n) is 14.1. The summed E-state index contributed by atoms with van der Waals surface area (Å²) in [5, 5.41) is 2.82. The number of amides is 1. The molecular formula is C19H23NO4. The van der Waals surface area contributed by atoms with Crippen LogP contribution in [0.5, 0.6) is 5.75 Å². The Balaban J connectivity index is 1.95. The van der Waals surface area contributed by atoms with Crippen LogP contribution in [-0.4, -0.2) is 32.8 Å². The average Bonchev–Trinajstić information content (AvgIpc) is 2.60. The number of hydrogen-bond donors (Lipinski definition) is 1. The molecule has 0 bridgehead atoms. The maximum Gasteiger partial charge on any atom is 0.250 e. The van der Waals surface area contributed by atoms with Crippen molar-refractivity contribution < 1.29 is 19.0 Å². The molecule has 0 fully saturated rings. The van der Waals surface area contributed by atoms with Crippen LogP contribution < -0.4 is 10.1 Å². The summed E-state index contributed by atoms with van der Waals surface area (Å²) in [7, 11) is 1.59. The molecule has 24 heavy (non-hydrogen) atoms. The van der Waals surface area contributed by atoms with E-state index in [0.717, 1.165) is 11.1 Å². The topological polar surface area (TPSA) is 56.8 Å². The van der Waals surface area contributed by atoms with Crippen LogP contribution >= 0.6 is 0 Å². The summed E-state index contributed by atoms with van der Waals surface area (Å²) in [5.41, 5.74) is 2.77. The van der Waals surface area contributed by atoms with E-state index in [0.29, 0.717) is 31.3 Å². The van der Waals surface area contributed by atoms with Gasteiger partial charge in [-0.05, 0) is 30.2 Å². The summed E-state index contributed by atoms with van der Waals surface area (Å²) in [6.07, 6.45) is 0. The van der Waals surface area contributed by atoms with Gasteiger partial charge in [0.1, 0.15) is 19.0 Å². The Morgan fingerprint density at radius 1 is 1.08 bits per heavy atom. The first-order valence-corrected chi connectivity index (χ1v) is 7.83. The molecule has 0 saturated heterocycles. The first-order valence-electron chi connectivity index (χ1n) is 7.83. The summed E-state index contributed by atoms with van der Waals surface area (Å²) in [5.74, 6) is 0.420. The Labute approximate surface area is 142 Å². The second-order valence-electron chi connectivity index (χ2n) is 5.37. The number of rotatable bonds is 9. The van der Waals surface area contributed by atoms with E-state index in [2.05, 4.69) is 5.32 Å². The largest absolute Gasteiger partial charge is 0.487 e. The van der Waals surface area contributed by atoms with Crippen molar-refractivity contribution >= 4 is 11.6 Å². The number of methoxy groups -OCH3 is 1. The molecule has 1 N–H and O–H groups in total. The Morgan fingerprint density at radius 2 is 1.88 bits per heavy atom. The van der Waals surface area contributed by atoms with Gasteiger partial charge in [-0.1, -0.05) is 36.4 Å². The van der Waals surface area contributed by atoms with Crippen molar-refractivity contribution in [3.05, 3.63) is 59.7 Å². The summed E-state index contributed by atoms with van der Waals surface area (Å²) in [6, 6.07) is 15.6. The van der Waals surface area contributed by atoms with Crippen LogP contribution in [0.2, 0.25) is 0 Å². The predicted octanol–water partition coefficient (Wildman–Crippen LogP) is 3.18. The minimum atomic E-state index is -0.223. The van der Waals surface area contributed by atoms with E-state index in [4.69, 9.17) is 14.2 Å². The van der Waals surface area contributed by atoms with Gasteiger partial charge in [0.15, 0.2) is 0 Å². The van der Waals surface area contributed by atoms with Crippen LogP contribution in [0.3, 0.4) is 0 Å². The van der Waals surface area contributed by atoms with Crippen molar-refractivity contribution in [1.29, 1.82) is 0 Å². The highest BCUT2D eigenvalue weighted by Crippen LogP contribution is 2.26. The fourth-order valence-corrected chi connectivity index (χ4v) is 2.08. The van der Waals surface area contributed by atoms with E-state index in [-0.39, 0.29) is 12.5 Å². The summed E-state index contributed by atoms with van der Waals surface area (Å²) < 4.78 is 16.0. The van der Waals surface area contributed by atoms with E-state index in [1.807, 2.05) is 55.5 Å². The molecule has 0 spiro atoms. The van der Waals surface area contributed by atoms with Crippen molar-refractivity contribution in [1.82, 2.24) is 0 Å². The number of nitrogens with one attached hydrogen (secondary N) is 1. The lowest BCUT2D eigenvalue weighted by Crippen LogP contribution is -2.20. The third-order valence-corrected chi connectivity index (χ3v) is 3.31. The Morgan fingerprint density at radius 3 is 2.62 bits per heavy atom. The highest BCUT2D eigenvalue weighted by atomic mass is 16.5. The smallest absolute Gasteiger partial charge is 0.250 e. The van der Waals surface area contributed by atoms with Gasteiger partial charge in [-0.3, -0.25) is 4.79 Å². The SMILES string of the molecule is COCCOCC(=O)Nc1ccc(C)cc1OCc1ccccc1. The molecule has 1 amide bonds. The Bertz CT molecular complexity index is 643. The molecule has 0 radical (unpaired) electrons. The molecule has 0 saturated carbocycles. The number of ether oxygens (including phenoxy) is 3. The standard InChI is InChI=1S/C19H23NO4/c1-15-8-9-17(20-19(21)14-23-11-10-22-2)18(12-15)24-13-16-6-4-3-5-7-16/h3-9,12H,10-11,13-14H2,1-2H3,(H,20,21). The normalized spacial score (nSPS) is 10.4. The lowest BCUT2D eigenvalue weighted by Gasteiger charge is -2.13. The zero-order chi connectivity index (χ0) is 17.2. The lowest BCUT2D eigenvalue weighted by molar-refractivity contribution is -0.121. The number of carbonyl (C=O) groups is 1. The second-order valence-corrected chi connectivity index (χ2v) is 5.37. The van der Waals surface area contributed by atoms with Gasteiger partial charge in [0.05, 0.1) is 18.9 Å². The zero-order valence-corrected chi connectivity index (χ0v) is 14.1. The third kappa shape index (κ3) is 6.02. The number of hydrogen-bond acceptors (Lipinski definition) is 4. The number of aryl methyl sites for hydroxylation is 1. The monoisotopic (exact) mass is 329 g/mol. The molecule has 0 atom stereocenters. The molecule has 2 aromatic rings. The molecule has 5 nitrogen and oxygen atoms in total. The summed E-state index contributed by atoms with van der Waals surface area (Å²) in [4.78, 5) is 12.0. The fraction of sp³-hybridized carbons (Fsp3) is 0.316. The number of anilines is 1. The minimum absolute atomic E-state index is 0.0185. The quantitative estimate of drug-likeness (QED) is 0.718. The lowest BCUT2D eigenvalue weighted by atomic mass is 10.2. The average molecular weight is 329 g/mol. The van der Waals surface area contributed by atoms with Crippen LogP contribution in [0.25, 0.3) is 0 Å². The van der Waals surface area contributed by atoms with Gasteiger partial charge in [-0.2, -0.15) is 0 Å². The van der Waals surface area contributed by atoms with E-state index in [1.54, 1.807) is 7.11 Å². The maximum atomic E-state index is 12.0. The highest BCUT2D eigenvalue weighted by Gasteiger charge is 2.09. The molecule has 0 heterocycles. The van der Waals surface area contributed by atoms with E-state index in [9.17, 15) is 4.79 Å². The fourth-order valence-electron chi connectivity index (χ4n) is 2.08. The van der Waals surface area contributed by atoms with E-state index < -0.39 is 0 Å². The van der Waals surface area contributed by atoms with Gasteiger partial charge in [-0.25, -0.2) is 0 Å². The van der Waals surface area contributed by atoms with Crippen molar-refractivity contribution in [3.63, 3.8) is 0 Å². The van der Waals surface area contributed by atoms with Crippen LogP contribution in [0, 0.1) is 6.92 Å².